The molecule has 1 aromatic heterocycles. The van der Waals surface area contributed by atoms with Crippen molar-refractivity contribution in [3.63, 3.8) is 0 Å². The fourth-order valence-electron chi connectivity index (χ4n) is 1.58. The van der Waals surface area contributed by atoms with Gasteiger partial charge in [-0.1, -0.05) is 11.6 Å². The smallest absolute Gasteiger partial charge is 0.116 e. The zero-order valence-corrected chi connectivity index (χ0v) is 10.4. The summed E-state index contributed by atoms with van der Waals surface area (Å²) in [4.78, 5) is 1.27. The second-order valence-electron chi connectivity index (χ2n) is 4.02. The van der Waals surface area contributed by atoms with Crippen molar-refractivity contribution in [2.45, 2.75) is 6.42 Å². The van der Waals surface area contributed by atoms with E-state index in [9.17, 15) is 0 Å². The summed E-state index contributed by atoms with van der Waals surface area (Å²) in [6.45, 7) is 2.70. The van der Waals surface area contributed by atoms with Crippen LogP contribution in [0.1, 0.15) is 4.88 Å². The van der Waals surface area contributed by atoms with Crippen LogP contribution in [0.3, 0.4) is 0 Å². The molecule has 1 N–H and O–H groups in total. The molecule has 0 saturated carbocycles. The molecule has 0 atom stereocenters. The van der Waals surface area contributed by atoms with Crippen LogP contribution in [0.15, 0.2) is 12.1 Å². The molecule has 1 aromatic rings. The normalized spacial score (nSPS) is 17.8. The van der Waals surface area contributed by atoms with Crippen LogP contribution in [0, 0.1) is 16.7 Å². The number of hydrogen-bond acceptors (Lipinski definition) is 4. The van der Waals surface area contributed by atoms with Gasteiger partial charge in [-0.15, -0.1) is 11.3 Å². The average molecular weight is 257 g/mol. The Kier molecular flexibility index (Phi) is 3.82. The summed E-state index contributed by atoms with van der Waals surface area (Å²) in [5.41, 5.74) is -0.285. The molecule has 1 aliphatic rings. The quantitative estimate of drug-likeness (QED) is 0.821. The minimum atomic E-state index is -0.285. The van der Waals surface area contributed by atoms with E-state index in [0.717, 1.165) is 17.3 Å². The van der Waals surface area contributed by atoms with Crippen molar-refractivity contribution in [2.75, 3.05) is 26.3 Å². The van der Waals surface area contributed by atoms with Crippen molar-refractivity contribution in [3.05, 3.63) is 21.3 Å². The molecule has 1 saturated heterocycles. The lowest BCUT2D eigenvalue weighted by Crippen LogP contribution is -2.48. The molecule has 0 aromatic carbocycles. The molecule has 1 fully saturated rings. The molecular weight excluding hydrogens is 244 g/mol. The van der Waals surface area contributed by atoms with Crippen LogP contribution in [0.25, 0.3) is 0 Å². The molecule has 1 aliphatic heterocycles. The van der Waals surface area contributed by atoms with Gasteiger partial charge in [0, 0.05) is 18.0 Å². The molecular formula is C11H13ClN2OS. The molecule has 0 unspecified atom stereocenters. The van der Waals surface area contributed by atoms with Gasteiger partial charge in [0.2, 0.25) is 0 Å². The van der Waals surface area contributed by atoms with Crippen LogP contribution in [-0.4, -0.2) is 26.3 Å². The summed E-state index contributed by atoms with van der Waals surface area (Å²) in [7, 11) is 0. The maximum absolute atomic E-state index is 8.97. The van der Waals surface area contributed by atoms with Crippen LogP contribution in [0.2, 0.25) is 4.34 Å². The van der Waals surface area contributed by atoms with E-state index in [-0.39, 0.29) is 5.41 Å². The maximum Gasteiger partial charge on any atom is 0.116 e. The third kappa shape index (κ3) is 2.74. The average Bonchev–Trinajstić information content (AvgIpc) is 2.62. The van der Waals surface area contributed by atoms with Gasteiger partial charge in [-0.25, -0.2) is 0 Å². The van der Waals surface area contributed by atoms with Gasteiger partial charge in [-0.05, 0) is 18.6 Å². The van der Waals surface area contributed by atoms with E-state index in [4.69, 9.17) is 21.6 Å². The monoisotopic (exact) mass is 256 g/mol. The number of hydrogen-bond donors (Lipinski definition) is 1. The first-order chi connectivity index (χ1) is 7.74. The van der Waals surface area contributed by atoms with E-state index in [2.05, 4.69) is 11.4 Å². The predicted molar refractivity (Wildman–Crippen MR) is 64.8 cm³/mol. The van der Waals surface area contributed by atoms with Crippen molar-refractivity contribution in [1.82, 2.24) is 5.32 Å². The largest absolute Gasteiger partial charge is 0.378 e. The van der Waals surface area contributed by atoms with Crippen molar-refractivity contribution in [2.24, 2.45) is 5.41 Å². The van der Waals surface area contributed by atoms with Crippen LogP contribution in [-0.2, 0) is 11.2 Å². The van der Waals surface area contributed by atoms with Crippen molar-refractivity contribution in [1.29, 1.82) is 5.26 Å². The van der Waals surface area contributed by atoms with E-state index in [0.29, 0.717) is 19.8 Å². The predicted octanol–water partition coefficient (Wildman–Crippen LogP) is 2.07. The molecule has 2 heterocycles. The summed E-state index contributed by atoms with van der Waals surface area (Å²) in [6, 6.07) is 6.27. The number of nitrogens with zero attached hydrogens (tertiary/aromatic N) is 1. The van der Waals surface area contributed by atoms with Gasteiger partial charge < -0.3 is 10.1 Å². The minimum absolute atomic E-state index is 0.285. The number of ether oxygens (including phenoxy) is 1. The van der Waals surface area contributed by atoms with Crippen LogP contribution in [0.5, 0.6) is 0 Å². The summed E-state index contributed by atoms with van der Waals surface area (Å²) >= 11 is 7.45. The molecule has 3 nitrogen and oxygen atoms in total. The Bertz CT molecular complexity index is 395. The highest BCUT2D eigenvalue weighted by atomic mass is 35.5. The maximum atomic E-state index is 8.97. The first kappa shape index (κ1) is 11.9. The molecule has 0 radical (unpaired) electrons. The standard InChI is InChI=1S/C11H13ClN2OS/c12-10-2-1-9(16-10)3-4-14-6-11(5-13)7-15-8-11/h1-2,14H,3-4,6-8H2. The first-order valence-electron chi connectivity index (χ1n) is 5.18. The van der Waals surface area contributed by atoms with Gasteiger partial charge in [0.05, 0.1) is 23.6 Å². The topological polar surface area (TPSA) is 45.0 Å². The van der Waals surface area contributed by atoms with Gasteiger partial charge in [-0.3, -0.25) is 0 Å². The highest BCUT2D eigenvalue weighted by Gasteiger charge is 2.38. The van der Waals surface area contributed by atoms with Crippen LogP contribution < -0.4 is 5.32 Å². The van der Waals surface area contributed by atoms with Crippen molar-refractivity contribution >= 4 is 22.9 Å². The molecule has 0 aliphatic carbocycles. The zero-order chi connectivity index (χ0) is 11.4. The Morgan fingerprint density at radius 3 is 2.88 bits per heavy atom. The highest BCUT2D eigenvalue weighted by Crippen LogP contribution is 2.25. The molecule has 2 rings (SSSR count). The number of thiophene rings is 1. The minimum Gasteiger partial charge on any atom is -0.378 e. The SMILES string of the molecule is N#CC1(CNCCc2ccc(Cl)s2)COC1. The molecule has 5 heteroatoms. The Balaban J connectivity index is 1.67. The first-order valence-corrected chi connectivity index (χ1v) is 6.37. The van der Waals surface area contributed by atoms with Crippen molar-refractivity contribution < 1.29 is 4.74 Å². The zero-order valence-electron chi connectivity index (χ0n) is 8.83. The van der Waals surface area contributed by atoms with E-state index in [1.165, 1.54) is 4.88 Å². The van der Waals surface area contributed by atoms with E-state index >= 15 is 0 Å². The Hall–Kier alpha value is -0.600. The van der Waals surface area contributed by atoms with Crippen LogP contribution in [0.4, 0.5) is 0 Å². The van der Waals surface area contributed by atoms with E-state index in [1.807, 2.05) is 12.1 Å². The van der Waals surface area contributed by atoms with E-state index < -0.39 is 0 Å². The van der Waals surface area contributed by atoms with Crippen molar-refractivity contribution in [3.8, 4) is 6.07 Å². The second-order valence-corrected chi connectivity index (χ2v) is 5.82. The third-order valence-electron chi connectivity index (χ3n) is 2.63. The fourth-order valence-corrected chi connectivity index (χ4v) is 2.67. The molecule has 0 bridgehead atoms. The van der Waals surface area contributed by atoms with Gasteiger partial charge >= 0.3 is 0 Å². The Morgan fingerprint density at radius 2 is 2.38 bits per heavy atom. The summed E-state index contributed by atoms with van der Waals surface area (Å²) < 4.78 is 5.90. The Morgan fingerprint density at radius 1 is 1.56 bits per heavy atom. The third-order valence-corrected chi connectivity index (χ3v) is 3.93. The van der Waals surface area contributed by atoms with Gasteiger partial charge in [0.1, 0.15) is 5.41 Å². The summed E-state index contributed by atoms with van der Waals surface area (Å²) in [5.74, 6) is 0. The molecule has 16 heavy (non-hydrogen) atoms. The molecule has 0 spiro atoms. The lowest BCUT2D eigenvalue weighted by molar-refractivity contribution is -0.0752. The molecule has 0 amide bonds. The summed E-state index contributed by atoms with van der Waals surface area (Å²) in [5, 5.41) is 12.3. The lowest BCUT2D eigenvalue weighted by Gasteiger charge is -2.35. The fraction of sp³-hybridized carbons (Fsp3) is 0.545. The van der Waals surface area contributed by atoms with E-state index in [1.54, 1.807) is 11.3 Å². The van der Waals surface area contributed by atoms with Gasteiger partial charge in [0.25, 0.3) is 0 Å². The van der Waals surface area contributed by atoms with Crippen LogP contribution >= 0.6 is 22.9 Å². The number of nitriles is 1. The Labute approximate surface area is 104 Å². The lowest BCUT2D eigenvalue weighted by atomic mass is 9.88. The second kappa shape index (κ2) is 5.15. The number of halogens is 1. The summed E-state index contributed by atoms with van der Waals surface area (Å²) in [6.07, 6.45) is 0.958. The van der Waals surface area contributed by atoms with Gasteiger partial charge in [-0.2, -0.15) is 5.26 Å². The van der Waals surface area contributed by atoms with Gasteiger partial charge in [0.15, 0.2) is 0 Å². The number of nitrogens with one attached hydrogen (secondary N) is 1. The number of rotatable bonds is 5. The highest BCUT2D eigenvalue weighted by molar-refractivity contribution is 7.16. The molecule has 86 valence electrons.